The van der Waals surface area contributed by atoms with Crippen LogP contribution < -0.4 is 15.8 Å². The van der Waals surface area contributed by atoms with Gasteiger partial charge in [-0.05, 0) is 43.3 Å². The summed E-state index contributed by atoms with van der Waals surface area (Å²) in [4.78, 5) is 23.4. The summed E-state index contributed by atoms with van der Waals surface area (Å²) < 4.78 is 5.53. The number of carbonyl (C=O) groups excluding carboxylic acids is 2. The van der Waals surface area contributed by atoms with Gasteiger partial charge in [0.1, 0.15) is 5.75 Å². The van der Waals surface area contributed by atoms with Crippen molar-refractivity contribution in [2.24, 2.45) is 5.73 Å². The molecule has 6 heteroatoms. The smallest absolute Gasteiger partial charge is 0.265 e. The van der Waals surface area contributed by atoms with Crippen molar-refractivity contribution in [3.63, 3.8) is 0 Å². The van der Waals surface area contributed by atoms with Gasteiger partial charge < -0.3 is 15.8 Å². The minimum atomic E-state index is -0.795. The van der Waals surface area contributed by atoms with E-state index < -0.39 is 12.0 Å². The normalized spacial score (nSPS) is 11.5. The van der Waals surface area contributed by atoms with E-state index in [9.17, 15) is 9.59 Å². The quantitative estimate of drug-likeness (QED) is 0.889. The zero-order valence-electron chi connectivity index (χ0n) is 11.9. The van der Waals surface area contributed by atoms with E-state index in [1.807, 2.05) is 0 Å². The summed E-state index contributed by atoms with van der Waals surface area (Å²) in [7, 11) is 0. The molecule has 0 aliphatic carbocycles. The number of nitrogens with two attached hydrogens (primary N) is 1. The molecule has 0 aromatic heterocycles. The van der Waals surface area contributed by atoms with Crippen LogP contribution in [0.5, 0.6) is 5.75 Å². The molecule has 0 bridgehead atoms. The first-order valence-corrected chi connectivity index (χ1v) is 6.97. The number of primary amides is 1. The van der Waals surface area contributed by atoms with E-state index in [2.05, 4.69) is 5.32 Å². The summed E-state index contributed by atoms with van der Waals surface area (Å²) in [6.45, 7) is 1.59. The van der Waals surface area contributed by atoms with Crippen molar-refractivity contribution in [1.29, 1.82) is 0 Å². The van der Waals surface area contributed by atoms with Crippen LogP contribution in [0.1, 0.15) is 17.3 Å². The molecule has 0 aliphatic rings. The standard InChI is InChI=1S/C16H15ClN2O3/c1-10(16(21)19-12-8-6-11(17)7-9-12)22-14-5-3-2-4-13(14)15(18)20/h2-10H,1H3,(H2,18,20)(H,19,21)/t10-/m1/s1. The first-order chi connectivity index (χ1) is 10.5. The highest BCUT2D eigenvalue weighted by atomic mass is 35.5. The van der Waals surface area contributed by atoms with Crippen molar-refractivity contribution in [1.82, 2.24) is 0 Å². The lowest BCUT2D eigenvalue weighted by atomic mass is 10.2. The number of hydrogen-bond donors (Lipinski definition) is 2. The molecule has 0 saturated carbocycles. The number of anilines is 1. The van der Waals surface area contributed by atoms with E-state index >= 15 is 0 Å². The third kappa shape index (κ3) is 3.99. The Kier molecular flexibility index (Phi) is 5.01. The SMILES string of the molecule is C[C@@H](Oc1ccccc1C(N)=O)C(=O)Nc1ccc(Cl)cc1. The third-order valence-corrected chi connectivity index (χ3v) is 3.19. The fourth-order valence-corrected chi connectivity index (χ4v) is 1.92. The molecule has 0 fully saturated rings. The molecule has 2 amide bonds. The Morgan fingerprint density at radius 1 is 1.14 bits per heavy atom. The number of amides is 2. The van der Waals surface area contributed by atoms with Gasteiger partial charge in [-0.1, -0.05) is 23.7 Å². The molecule has 22 heavy (non-hydrogen) atoms. The lowest BCUT2D eigenvalue weighted by Gasteiger charge is -2.16. The highest BCUT2D eigenvalue weighted by molar-refractivity contribution is 6.30. The Hall–Kier alpha value is -2.53. The fourth-order valence-electron chi connectivity index (χ4n) is 1.79. The second kappa shape index (κ2) is 6.95. The third-order valence-electron chi connectivity index (χ3n) is 2.94. The minimum Gasteiger partial charge on any atom is -0.480 e. The molecule has 0 unspecified atom stereocenters. The number of ether oxygens (including phenoxy) is 1. The van der Waals surface area contributed by atoms with Gasteiger partial charge in [-0.2, -0.15) is 0 Å². The Bertz CT molecular complexity index is 686. The lowest BCUT2D eigenvalue weighted by molar-refractivity contribution is -0.122. The maximum atomic E-state index is 12.1. The average Bonchev–Trinajstić information content (AvgIpc) is 2.49. The molecule has 0 spiro atoms. The number of rotatable bonds is 5. The van der Waals surface area contributed by atoms with Crippen LogP contribution in [0.25, 0.3) is 0 Å². The second-order valence-corrected chi connectivity index (χ2v) is 5.05. The van der Waals surface area contributed by atoms with E-state index in [0.29, 0.717) is 10.7 Å². The number of halogens is 1. The molecule has 2 aromatic carbocycles. The van der Waals surface area contributed by atoms with Gasteiger partial charge in [0.15, 0.2) is 6.10 Å². The zero-order chi connectivity index (χ0) is 16.1. The molecule has 1 atom stereocenters. The van der Waals surface area contributed by atoms with Crippen LogP contribution in [-0.2, 0) is 4.79 Å². The van der Waals surface area contributed by atoms with Gasteiger partial charge in [0.2, 0.25) is 0 Å². The van der Waals surface area contributed by atoms with Gasteiger partial charge in [-0.15, -0.1) is 0 Å². The van der Waals surface area contributed by atoms with Crippen LogP contribution >= 0.6 is 11.6 Å². The zero-order valence-corrected chi connectivity index (χ0v) is 12.6. The van der Waals surface area contributed by atoms with E-state index in [4.69, 9.17) is 22.1 Å². The van der Waals surface area contributed by atoms with Crippen LogP contribution in [-0.4, -0.2) is 17.9 Å². The van der Waals surface area contributed by atoms with Crippen LogP contribution in [0, 0.1) is 0 Å². The minimum absolute atomic E-state index is 0.230. The van der Waals surface area contributed by atoms with Gasteiger partial charge in [0.05, 0.1) is 5.56 Å². The van der Waals surface area contributed by atoms with Gasteiger partial charge in [0.25, 0.3) is 11.8 Å². The summed E-state index contributed by atoms with van der Waals surface area (Å²) in [6.07, 6.45) is -0.795. The topological polar surface area (TPSA) is 81.4 Å². The van der Waals surface area contributed by atoms with Crippen molar-refractivity contribution in [2.45, 2.75) is 13.0 Å². The van der Waals surface area contributed by atoms with Crippen molar-refractivity contribution in [3.8, 4) is 5.75 Å². The Morgan fingerprint density at radius 2 is 1.77 bits per heavy atom. The van der Waals surface area contributed by atoms with Crippen LogP contribution in [0.2, 0.25) is 5.02 Å². The van der Waals surface area contributed by atoms with Gasteiger partial charge in [-0.3, -0.25) is 9.59 Å². The van der Waals surface area contributed by atoms with Gasteiger partial charge in [-0.25, -0.2) is 0 Å². The molecular formula is C16H15ClN2O3. The summed E-state index contributed by atoms with van der Waals surface area (Å²) in [5.41, 5.74) is 6.11. The van der Waals surface area contributed by atoms with Gasteiger partial charge >= 0.3 is 0 Å². The van der Waals surface area contributed by atoms with Crippen molar-refractivity contribution < 1.29 is 14.3 Å². The molecule has 0 heterocycles. The maximum Gasteiger partial charge on any atom is 0.265 e. The molecule has 0 aliphatic heterocycles. The van der Waals surface area contributed by atoms with Gasteiger partial charge in [0, 0.05) is 10.7 Å². The molecule has 0 radical (unpaired) electrons. The highest BCUT2D eigenvalue weighted by Gasteiger charge is 2.17. The Labute approximate surface area is 133 Å². The summed E-state index contributed by atoms with van der Waals surface area (Å²) >= 11 is 5.78. The van der Waals surface area contributed by atoms with Crippen LogP contribution in [0.4, 0.5) is 5.69 Å². The number of benzene rings is 2. The summed E-state index contributed by atoms with van der Waals surface area (Å²) in [5.74, 6) is -0.684. The summed E-state index contributed by atoms with van der Waals surface area (Å²) in [6, 6.07) is 13.2. The molecule has 2 rings (SSSR count). The predicted octanol–water partition coefficient (Wildman–Crippen LogP) is 2.84. The van der Waals surface area contributed by atoms with Crippen molar-refractivity contribution in [3.05, 3.63) is 59.1 Å². The lowest BCUT2D eigenvalue weighted by Crippen LogP contribution is -2.30. The molecule has 3 N–H and O–H groups in total. The monoisotopic (exact) mass is 318 g/mol. The fraction of sp³-hybridized carbons (Fsp3) is 0.125. The number of hydrogen-bond acceptors (Lipinski definition) is 3. The highest BCUT2D eigenvalue weighted by Crippen LogP contribution is 2.19. The first kappa shape index (κ1) is 15.9. The molecule has 0 saturated heterocycles. The Morgan fingerprint density at radius 3 is 2.41 bits per heavy atom. The van der Waals surface area contributed by atoms with Crippen LogP contribution in [0.15, 0.2) is 48.5 Å². The second-order valence-electron chi connectivity index (χ2n) is 4.62. The van der Waals surface area contributed by atoms with E-state index in [1.165, 1.54) is 0 Å². The predicted molar refractivity (Wildman–Crippen MR) is 85.1 cm³/mol. The number of para-hydroxylation sites is 1. The van der Waals surface area contributed by atoms with Crippen molar-refractivity contribution in [2.75, 3.05) is 5.32 Å². The number of nitrogens with one attached hydrogen (secondary N) is 1. The van der Waals surface area contributed by atoms with E-state index in [0.717, 1.165) is 0 Å². The molecular weight excluding hydrogens is 304 g/mol. The van der Waals surface area contributed by atoms with E-state index in [1.54, 1.807) is 55.5 Å². The maximum absolute atomic E-state index is 12.1. The molecule has 5 nitrogen and oxygen atoms in total. The first-order valence-electron chi connectivity index (χ1n) is 6.59. The Balaban J connectivity index is 2.05. The number of carbonyl (C=O) groups is 2. The van der Waals surface area contributed by atoms with Crippen molar-refractivity contribution >= 4 is 29.1 Å². The summed E-state index contributed by atoms with van der Waals surface area (Å²) in [5, 5.41) is 3.28. The largest absolute Gasteiger partial charge is 0.480 e. The van der Waals surface area contributed by atoms with E-state index in [-0.39, 0.29) is 17.2 Å². The molecule has 2 aromatic rings. The average molecular weight is 319 g/mol. The molecule has 114 valence electrons. The van der Waals surface area contributed by atoms with Crippen LogP contribution in [0.3, 0.4) is 0 Å².